The van der Waals surface area contributed by atoms with Crippen LogP contribution in [0.5, 0.6) is 11.5 Å². The predicted octanol–water partition coefficient (Wildman–Crippen LogP) is 2.31. The lowest BCUT2D eigenvalue weighted by molar-refractivity contribution is -0.0229. The number of aromatic hydroxyl groups is 1. The number of ketones is 1. The third-order valence-electron chi connectivity index (χ3n) is 3.47. The Morgan fingerprint density at radius 3 is 2.58 bits per heavy atom. The van der Waals surface area contributed by atoms with Gasteiger partial charge in [0.15, 0.2) is 5.78 Å². The lowest BCUT2D eigenvalue weighted by atomic mass is 9.90. The molecule has 0 unspecified atom stereocenters. The van der Waals surface area contributed by atoms with E-state index in [1.165, 1.54) is 6.07 Å². The van der Waals surface area contributed by atoms with E-state index in [1.807, 2.05) is 0 Å². The molecule has 0 aromatic heterocycles. The van der Waals surface area contributed by atoms with E-state index in [2.05, 4.69) is 0 Å². The first kappa shape index (κ1) is 13.9. The molecule has 0 bridgehead atoms. The van der Waals surface area contributed by atoms with Crippen molar-refractivity contribution in [2.75, 3.05) is 0 Å². The van der Waals surface area contributed by atoms with Crippen LogP contribution in [0.15, 0.2) is 12.1 Å². The molecule has 0 saturated carbocycles. The molecular formula is C15H20O4. The highest BCUT2D eigenvalue weighted by atomic mass is 16.5. The van der Waals surface area contributed by atoms with E-state index in [-0.39, 0.29) is 17.5 Å². The van der Waals surface area contributed by atoms with Crippen LogP contribution in [0.1, 0.15) is 43.6 Å². The number of carbonyl (C=O) groups is 1. The van der Waals surface area contributed by atoms with Gasteiger partial charge in [0.1, 0.15) is 17.6 Å². The van der Waals surface area contributed by atoms with Crippen LogP contribution in [0.4, 0.5) is 0 Å². The Balaban J connectivity index is 2.46. The maximum absolute atomic E-state index is 12.2. The fourth-order valence-corrected chi connectivity index (χ4v) is 2.27. The van der Waals surface area contributed by atoms with Gasteiger partial charge in [-0.25, -0.2) is 0 Å². The quantitative estimate of drug-likeness (QED) is 0.822. The lowest BCUT2D eigenvalue weighted by Gasteiger charge is -2.24. The van der Waals surface area contributed by atoms with Crippen LogP contribution < -0.4 is 4.74 Å². The van der Waals surface area contributed by atoms with Crippen molar-refractivity contribution in [3.05, 3.63) is 23.3 Å². The molecule has 0 saturated heterocycles. The molecule has 1 aromatic rings. The van der Waals surface area contributed by atoms with Crippen LogP contribution in [-0.2, 0) is 6.42 Å². The maximum Gasteiger partial charge on any atom is 0.169 e. The van der Waals surface area contributed by atoms with Gasteiger partial charge >= 0.3 is 0 Å². The molecule has 0 fully saturated rings. The number of phenolic OH excluding ortho intramolecular Hbond substituents is 1. The van der Waals surface area contributed by atoms with Gasteiger partial charge in [0.25, 0.3) is 0 Å². The monoisotopic (exact) mass is 264 g/mol. The first-order valence-electron chi connectivity index (χ1n) is 6.50. The third kappa shape index (κ3) is 2.45. The number of ether oxygens (including phenoxy) is 1. The van der Waals surface area contributed by atoms with Crippen LogP contribution >= 0.6 is 0 Å². The SMILES string of the molecule is CC(C)C(=O)c1c(O)ccc2c1C[C@@H](C(C)(C)O)O2. The van der Waals surface area contributed by atoms with Crippen molar-refractivity contribution < 1.29 is 19.7 Å². The fraction of sp³-hybridized carbons (Fsp3) is 0.533. The molecule has 19 heavy (non-hydrogen) atoms. The summed E-state index contributed by atoms with van der Waals surface area (Å²) in [5.41, 5.74) is 0.0392. The Labute approximate surface area is 113 Å². The van der Waals surface area contributed by atoms with Gasteiger partial charge in [-0.3, -0.25) is 4.79 Å². The van der Waals surface area contributed by atoms with Crippen molar-refractivity contribution >= 4 is 5.78 Å². The molecule has 1 heterocycles. The predicted molar refractivity (Wildman–Crippen MR) is 71.7 cm³/mol. The minimum Gasteiger partial charge on any atom is -0.507 e. The molecule has 0 spiro atoms. The van der Waals surface area contributed by atoms with Gasteiger partial charge in [-0.1, -0.05) is 13.8 Å². The first-order chi connectivity index (χ1) is 8.71. The molecule has 4 heteroatoms. The van der Waals surface area contributed by atoms with Crippen molar-refractivity contribution in [2.45, 2.75) is 45.8 Å². The molecule has 104 valence electrons. The number of fused-ring (bicyclic) bond motifs is 1. The van der Waals surface area contributed by atoms with Crippen LogP contribution in [0.25, 0.3) is 0 Å². The third-order valence-corrected chi connectivity index (χ3v) is 3.47. The highest BCUT2D eigenvalue weighted by Crippen LogP contribution is 2.39. The number of phenols is 1. The van der Waals surface area contributed by atoms with Gasteiger partial charge in [-0.15, -0.1) is 0 Å². The highest BCUT2D eigenvalue weighted by Gasteiger charge is 2.37. The van der Waals surface area contributed by atoms with Crippen molar-refractivity contribution in [1.82, 2.24) is 0 Å². The Bertz CT molecular complexity index is 512. The van der Waals surface area contributed by atoms with Gasteiger partial charge in [0, 0.05) is 17.9 Å². The Morgan fingerprint density at radius 1 is 1.42 bits per heavy atom. The zero-order valence-electron chi connectivity index (χ0n) is 11.7. The summed E-state index contributed by atoms with van der Waals surface area (Å²) in [7, 11) is 0. The summed E-state index contributed by atoms with van der Waals surface area (Å²) in [5.74, 6) is 0.263. The number of benzene rings is 1. The highest BCUT2D eigenvalue weighted by molar-refractivity contribution is 6.02. The van der Waals surface area contributed by atoms with Crippen LogP contribution in [0.3, 0.4) is 0 Å². The minimum atomic E-state index is -0.993. The standard InChI is InChI=1S/C15H20O4/c1-8(2)14(17)13-9-7-12(15(3,4)18)19-11(9)6-5-10(13)16/h5-6,8,12,16,18H,7H2,1-4H3/t12-/m0/s1. The number of aliphatic hydroxyl groups is 1. The second-order valence-electron chi connectivity index (χ2n) is 5.92. The molecule has 0 amide bonds. The maximum atomic E-state index is 12.2. The van der Waals surface area contributed by atoms with E-state index < -0.39 is 11.7 Å². The number of Topliss-reactive ketones (excluding diaryl/α,β-unsaturated/α-hetero) is 1. The van der Waals surface area contributed by atoms with Crippen molar-refractivity contribution in [3.63, 3.8) is 0 Å². The minimum absolute atomic E-state index is 0.0163. The molecule has 2 rings (SSSR count). The molecule has 1 aromatic carbocycles. The summed E-state index contributed by atoms with van der Waals surface area (Å²) in [6.45, 7) is 6.94. The average molecular weight is 264 g/mol. The number of rotatable bonds is 3. The van der Waals surface area contributed by atoms with E-state index in [4.69, 9.17) is 4.74 Å². The number of carbonyl (C=O) groups excluding carboxylic acids is 1. The zero-order valence-corrected chi connectivity index (χ0v) is 11.7. The number of hydrogen-bond donors (Lipinski definition) is 2. The Morgan fingerprint density at radius 2 is 2.05 bits per heavy atom. The van der Waals surface area contributed by atoms with E-state index in [0.29, 0.717) is 23.3 Å². The largest absolute Gasteiger partial charge is 0.507 e. The average Bonchev–Trinajstić information content (AvgIpc) is 2.71. The second kappa shape index (κ2) is 4.53. The van der Waals surface area contributed by atoms with Gasteiger partial charge in [0.2, 0.25) is 0 Å². The van der Waals surface area contributed by atoms with Crippen molar-refractivity contribution in [3.8, 4) is 11.5 Å². The van der Waals surface area contributed by atoms with E-state index >= 15 is 0 Å². The van der Waals surface area contributed by atoms with Gasteiger partial charge in [0.05, 0.1) is 11.2 Å². The summed E-state index contributed by atoms with van der Waals surface area (Å²) in [6, 6.07) is 3.12. The molecule has 1 atom stereocenters. The molecule has 0 aliphatic carbocycles. The summed E-state index contributed by atoms with van der Waals surface area (Å²) >= 11 is 0. The van der Waals surface area contributed by atoms with Gasteiger partial charge < -0.3 is 14.9 Å². The molecule has 1 aliphatic heterocycles. The summed E-state index contributed by atoms with van der Waals surface area (Å²) in [5, 5.41) is 20.0. The molecule has 2 N–H and O–H groups in total. The molecular weight excluding hydrogens is 244 g/mol. The molecule has 0 radical (unpaired) electrons. The zero-order chi connectivity index (χ0) is 14.4. The van der Waals surface area contributed by atoms with E-state index in [1.54, 1.807) is 33.8 Å². The van der Waals surface area contributed by atoms with Gasteiger partial charge in [-0.05, 0) is 26.0 Å². The molecule has 4 nitrogen and oxygen atoms in total. The number of hydrogen-bond acceptors (Lipinski definition) is 4. The van der Waals surface area contributed by atoms with Crippen molar-refractivity contribution in [1.29, 1.82) is 0 Å². The Kier molecular flexibility index (Phi) is 3.31. The van der Waals surface area contributed by atoms with Crippen LogP contribution in [-0.4, -0.2) is 27.7 Å². The molecule has 1 aliphatic rings. The van der Waals surface area contributed by atoms with Crippen LogP contribution in [0, 0.1) is 5.92 Å². The summed E-state index contributed by atoms with van der Waals surface area (Å²) in [6.07, 6.45) is 0.0316. The van der Waals surface area contributed by atoms with Crippen LogP contribution in [0.2, 0.25) is 0 Å². The summed E-state index contributed by atoms with van der Waals surface area (Å²) < 4.78 is 5.68. The van der Waals surface area contributed by atoms with Gasteiger partial charge in [-0.2, -0.15) is 0 Å². The fourth-order valence-electron chi connectivity index (χ4n) is 2.27. The van der Waals surface area contributed by atoms with E-state index in [9.17, 15) is 15.0 Å². The topological polar surface area (TPSA) is 66.8 Å². The summed E-state index contributed by atoms with van der Waals surface area (Å²) in [4.78, 5) is 12.2. The van der Waals surface area contributed by atoms with Crippen molar-refractivity contribution in [2.24, 2.45) is 5.92 Å². The lowest BCUT2D eigenvalue weighted by Crippen LogP contribution is -2.39. The van der Waals surface area contributed by atoms with E-state index in [0.717, 1.165) is 0 Å². The smallest absolute Gasteiger partial charge is 0.169 e. The Hall–Kier alpha value is -1.55. The first-order valence-corrected chi connectivity index (χ1v) is 6.50. The normalized spacial score (nSPS) is 18.3. The second-order valence-corrected chi connectivity index (χ2v) is 5.92.